The van der Waals surface area contributed by atoms with E-state index in [1.54, 1.807) is 30.4 Å². The smallest absolute Gasteiger partial charge is 0.343 e. The Morgan fingerprint density at radius 2 is 1.84 bits per heavy atom. The Labute approximate surface area is 145 Å². The Bertz CT molecular complexity index is 878. The van der Waals surface area contributed by atoms with Gasteiger partial charge < -0.3 is 14.2 Å². The van der Waals surface area contributed by atoms with Gasteiger partial charge in [0.05, 0.1) is 12.7 Å². The van der Waals surface area contributed by atoms with Crippen LogP contribution in [0.2, 0.25) is 0 Å². The molecule has 0 bridgehead atoms. The zero-order chi connectivity index (χ0) is 17.8. The van der Waals surface area contributed by atoms with E-state index in [9.17, 15) is 9.59 Å². The van der Waals surface area contributed by atoms with Crippen LogP contribution in [0.3, 0.4) is 0 Å². The van der Waals surface area contributed by atoms with Gasteiger partial charge in [-0.3, -0.25) is 4.79 Å². The summed E-state index contributed by atoms with van der Waals surface area (Å²) in [4.78, 5) is 23.3. The molecule has 0 fully saturated rings. The molecule has 1 aliphatic heterocycles. The number of rotatable bonds is 4. The summed E-state index contributed by atoms with van der Waals surface area (Å²) in [5, 5.41) is 0. The van der Waals surface area contributed by atoms with Gasteiger partial charge in [-0.15, -0.1) is 0 Å². The highest BCUT2D eigenvalue weighted by molar-refractivity contribution is 6.05. The lowest BCUT2D eigenvalue weighted by Gasteiger charge is -2.08. The van der Waals surface area contributed by atoms with Crippen LogP contribution < -0.4 is 9.47 Å². The molecule has 126 valence electrons. The highest BCUT2D eigenvalue weighted by atomic mass is 16.6. The highest BCUT2D eigenvalue weighted by Gasteiger charge is 2.22. The van der Waals surface area contributed by atoms with Gasteiger partial charge in [0.25, 0.3) is 0 Å². The van der Waals surface area contributed by atoms with E-state index in [2.05, 4.69) is 0 Å². The molecule has 1 heterocycles. The second kappa shape index (κ2) is 7.05. The van der Waals surface area contributed by atoms with Crippen LogP contribution in [0.15, 0.2) is 60.2 Å². The summed E-state index contributed by atoms with van der Waals surface area (Å²) in [6.45, 7) is 1.31. The van der Waals surface area contributed by atoms with E-state index in [1.807, 2.05) is 30.3 Å². The number of benzene rings is 2. The van der Waals surface area contributed by atoms with Gasteiger partial charge in [-0.05, 0) is 29.8 Å². The quantitative estimate of drug-likeness (QED) is 0.485. The number of carbonyl (C=O) groups is 2. The van der Waals surface area contributed by atoms with E-state index < -0.39 is 11.9 Å². The third-order valence-corrected chi connectivity index (χ3v) is 3.55. The molecule has 0 aliphatic carbocycles. The summed E-state index contributed by atoms with van der Waals surface area (Å²) >= 11 is 0. The van der Waals surface area contributed by atoms with E-state index in [0.29, 0.717) is 28.4 Å². The van der Waals surface area contributed by atoms with Crippen molar-refractivity contribution in [2.45, 2.75) is 6.92 Å². The molecule has 2 aromatic rings. The summed E-state index contributed by atoms with van der Waals surface area (Å²) in [7, 11) is 1.49. The molecule has 0 saturated heterocycles. The van der Waals surface area contributed by atoms with Crippen molar-refractivity contribution < 1.29 is 23.8 Å². The maximum atomic E-state index is 12.1. The topological polar surface area (TPSA) is 61.8 Å². The molecule has 0 amide bonds. The Balaban J connectivity index is 1.93. The standard InChI is InChI=1S/C20H16O5/c1-13(21)24-19-11-14(8-9-17(19)23-2)10-16-12-18(25-20(16)22)15-6-4-3-5-7-15/h3-12H,1-2H3/b16-10-. The van der Waals surface area contributed by atoms with E-state index in [-0.39, 0.29) is 0 Å². The molecule has 0 saturated carbocycles. The fourth-order valence-electron chi connectivity index (χ4n) is 2.43. The van der Waals surface area contributed by atoms with Crippen molar-refractivity contribution in [1.82, 2.24) is 0 Å². The lowest BCUT2D eigenvalue weighted by molar-refractivity contribution is -0.132. The number of methoxy groups -OCH3 is 1. The molecule has 0 atom stereocenters. The zero-order valence-electron chi connectivity index (χ0n) is 13.8. The number of ether oxygens (including phenoxy) is 3. The van der Waals surface area contributed by atoms with Crippen molar-refractivity contribution in [2.24, 2.45) is 0 Å². The number of esters is 2. The maximum Gasteiger partial charge on any atom is 0.343 e. The molecule has 3 rings (SSSR count). The molecule has 0 aromatic heterocycles. The van der Waals surface area contributed by atoms with Crippen molar-refractivity contribution in [3.63, 3.8) is 0 Å². The van der Waals surface area contributed by atoms with Gasteiger partial charge in [0.1, 0.15) is 5.76 Å². The van der Waals surface area contributed by atoms with Crippen LogP contribution in [-0.4, -0.2) is 19.0 Å². The van der Waals surface area contributed by atoms with E-state index in [4.69, 9.17) is 14.2 Å². The van der Waals surface area contributed by atoms with E-state index in [1.165, 1.54) is 14.0 Å². The molecule has 5 heteroatoms. The SMILES string of the molecule is COc1ccc(/C=C2/C=C(c3ccccc3)OC2=O)cc1OC(C)=O. The first-order valence-electron chi connectivity index (χ1n) is 7.64. The van der Waals surface area contributed by atoms with E-state index >= 15 is 0 Å². The van der Waals surface area contributed by atoms with Crippen molar-refractivity contribution in [1.29, 1.82) is 0 Å². The van der Waals surface area contributed by atoms with Gasteiger partial charge in [-0.1, -0.05) is 36.4 Å². The Kier molecular flexibility index (Phi) is 4.66. The minimum atomic E-state index is -0.449. The molecular weight excluding hydrogens is 320 g/mol. The predicted octanol–water partition coefficient (Wildman–Crippen LogP) is 3.60. The van der Waals surface area contributed by atoms with Gasteiger partial charge in [-0.2, -0.15) is 0 Å². The predicted molar refractivity (Wildman–Crippen MR) is 92.8 cm³/mol. The Morgan fingerprint density at radius 1 is 1.08 bits per heavy atom. The largest absolute Gasteiger partial charge is 0.493 e. The van der Waals surface area contributed by atoms with Crippen LogP contribution in [0, 0.1) is 0 Å². The lowest BCUT2D eigenvalue weighted by Crippen LogP contribution is -2.03. The maximum absolute atomic E-state index is 12.1. The number of hydrogen-bond acceptors (Lipinski definition) is 5. The van der Waals surface area contributed by atoms with Crippen LogP contribution in [0.5, 0.6) is 11.5 Å². The van der Waals surface area contributed by atoms with Crippen molar-refractivity contribution in [3.05, 3.63) is 71.3 Å². The third-order valence-electron chi connectivity index (χ3n) is 3.55. The first-order chi connectivity index (χ1) is 12.1. The number of hydrogen-bond donors (Lipinski definition) is 0. The van der Waals surface area contributed by atoms with Crippen LogP contribution in [0.1, 0.15) is 18.1 Å². The summed E-state index contributed by atoms with van der Waals surface area (Å²) in [6, 6.07) is 14.5. The number of cyclic esters (lactones) is 1. The fraction of sp³-hybridized carbons (Fsp3) is 0.100. The summed E-state index contributed by atoms with van der Waals surface area (Å²) in [5.41, 5.74) is 1.93. The van der Waals surface area contributed by atoms with Gasteiger partial charge in [0, 0.05) is 12.5 Å². The minimum Gasteiger partial charge on any atom is -0.493 e. The first-order valence-corrected chi connectivity index (χ1v) is 7.64. The van der Waals surface area contributed by atoms with Gasteiger partial charge in [0.2, 0.25) is 0 Å². The Morgan fingerprint density at radius 3 is 2.52 bits per heavy atom. The lowest BCUT2D eigenvalue weighted by atomic mass is 10.1. The monoisotopic (exact) mass is 336 g/mol. The second-order valence-electron chi connectivity index (χ2n) is 5.37. The molecule has 0 radical (unpaired) electrons. The van der Waals surface area contributed by atoms with Crippen LogP contribution in [0.25, 0.3) is 11.8 Å². The number of carbonyl (C=O) groups excluding carboxylic acids is 2. The van der Waals surface area contributed by atoms with Crippen LogP contribution in [-0.2, 0) is 14.3 Å². The summed E-state index contributed by atoms with van der Waals surface area (Å²) in [5.74, 6) is 0.360. The molecule has 2 aromatic carbocycles. The van der Waals surface area contributed by atoms with Crippen molar-refractivity contribution in [2.75, 3.05) is 7.11 Å². The van der Waals surface area contributed by atoms with Crippen LogP contribution >= 0.6 is 0 Å². The molecular formula is C20H16O5. The molecule has 1 aliphatic rings. The van der Waals surface area contributed by atoms with Crippen molar-refractivity contribution in [3.8, 4) is 11.5 Å². The third kappa shape index (κ3) is 3.77. The minimum absolute atomic E-state index is 0.294. The fourth-order valence-corrected chi connectivity index (χ4v) is 2.43. The zero-order valence-corrected chi connectivity index (χ0v) is 13.8. The van der Waals surface area contributed by atoms with E-state index in [0.717, 1.165) is 5.56 Å². The van der Waals surface area contributed by atoms with Crippen LogP contribution in [0.4, 0.5) is 0 Å². The molecule has 25 heavy (non-hydrogen) atoms. The van der Waals surface area contributed by atoms with Gasteiger partial charge >= 0.3 is 11.9 Å². The summed E-state index contributed by atoms with van der Waals surface area (Å²) < 4.78 is 15.6. The molecule has 0 spiro atoms. The summed E-state index contributed by atoms with van der Waals surface area (Å²) in [6.07, 6.45) is 3.36. The average Bonchev–Trinajstić information content (AvgIpc) is 2.96. The van der Waals surface area contributed by atoms with Crippen molar-refractivity contribution >= 4 is 23.8 Å². The van der Waals surface area contributed by atoms with Gasteiger partial charge in [0.15, 0.2) is 11.5 Å². The highest BCUT2D eigenvalue weighted by Crippen LogP contribution is 2.31. The molecule has 5 nitrogen and oxygen atoms in total. The normalized spacial score (nSPS) is 14.9. The molecule has 0 N–H and O–H groups in total. The Hall–Kier alpha value is -3.34. The molecule has 0 unspecified atom stereocenters. The second-order valence-corrected chi connectivity index (χ2v) is 5.37. The van der Waals surface area contributed by atoms with Gasteiger partial charge in [-0.25, -0.2) is 4.79 Å². The average molecular weight is 336 g/mol. The first kappa shape index (κ1) is 16.5.